The lowest BCUT2D eigenvalue weighted by molar-refractivity contribution is 0.0474. The molecule has 1 aromatic carbocycles. The Morgan fingerprint density at radius 3 is 2.39 bits per heavy atom. The van der Waals surface area contributed by atoms with Crippen molar-refractivity contribution in [1.82, 2.24) is 25.7 Å². The molecule has 31 heavy (non-hydrogen) atoms. The Labute approximate surface area is 202 Å². The SMILES string of the molecule is CCNC(=NCc1ccn(-c2ccccc2)n1)NCC(C)(C)NC(=O)OC(C)(C)C.I. The van der Waals surface area contributed by atoms with Crippen molar-refractivity contribution in [2.24, 2.45) is 4.99 Å². The number of halogens is 1. The zero-order valence-corrected chi connectivity index (χ0v) is 21.6. The highest BCUT2D eigenvalue weighted by Gasteiger charge is 2.24. The van der Waals surface area contributed by atoms with Crippen LogP contribution in [0.25, 0.3) is 5.69 Å². The van der Waals surface area contributed by atoms with Gasteiger partial charge in [0.1, 0.15) is 5.60 Å². The molecule has 0 radical (unpaired) electrons. The van der Waals surface area contributed by atoms with Crippen LogP contribution in [0.2, 0.25) is 0 Å². The number of rotatable bonds is 7. The average molecular weight is 542 g/mol. The van der Waals surface area contributed by atoms with Gasteiger partial charge in [-0.2, -0.15) is 5.10 Å². The number of alkyl carbamates (subject to hydrolysis) is 1. The number of benzene rings is 1. The first-order valence-electron chi connectivity index (χ1n) is 10.2. The van der Waals surface area contributed by atoms with Gasteiger partial charge in [-0.1, -0.05) is 18.2 Å². The minimum Gasteiger partial charge on any atom is -0.444 e. The van der Waals surface area contributed by atoms with Crippen molar-refractivity contribution in [3.63, 3.8) is 0 Å². The van der Waals surface area contributed by atoms with Crippen LogP contribution < -0.4 is 16.0 Å². The molecule has 0 saturated heterocycles. The summed E-state index contributed by atoms with van der Waals surface area (Å²) >= 11 is 0. The normalized spacial score (nSPS) is 12.0. The first kappa shape index (κ1) is 26.7. The Kier molecular flexibility index (Phi) is 10.3. The summed E-state index contributed by atoms with van der Waals surface area (Å²) in [6.45, 7) is 13.0. The number of carbonyl (C=O) groups excluding carboxylic acids is 1. The number of amides is 1. The van der Waals surface area contributed by atoms with Gasteiger partial charge in [-0.05, 0) is 59.7 Å². The molecule has 0 spiro atoms. The molecule has 0 fully saturated rings. The van der Waals surface area contributed by atoms with E-state index in [4.69, 9.17) is 4.74 Å². The minimum absolute atomic E-state index is 0. The van der Waals surface area contributed by atoms with Crippen molar-refractivity contribution in [2.45, 2.75) is 59.2 Å². The Bertz CT molecular complexity index is 843. The van der Waals surface area contributed by atoms with Crippen molar-refractivity contribution in [3.8, 4) is 5.69 Å². The molecule has 0 aliphatic rings. The van der Waals surface area contributed by atoms with Gasteiger partial charge in [-0.15, -0.1) is 24.0 Å². The highest BCUT2D eigenvalue weighted by Crippen LogP contribution is 2.09. The van der Waals surface area contributed by atoms with Gasteiger partial charge >= 0.3 is 6.09 Å². The molecule has 0 atom stereocenters. The second-order valence-corrected chi connectivity index (χ2v) is 8.65. The molecule has 9 heteroatoms. The molecule has 0 bridgehead atoms. The third-order valence-electron chi connectivity index (χ3n) is 3.95. The highest BCUT2D eigenvalue weighted by atomic mass is 127. The van der Waals surface area contributed by atoms with E-state index in [1.165, 1.54) is 0 Å². The topological polar surface area (TPSA) is 92.6 Å². The summed E-state index contributed by atoms with van der Waals surface area (Å²) in [5.74, 6) is 0.658. The molecule has 1 amide bonds. The van der Waals surface area contributed by atoms with Gasteiger partial charge in [-0.25, -0.2) is 14.5 Å². The summed E-state index contributed by atoms with van der Waals surface area (Å²) < 4.78 is 7.17. The van der Waals surface area contributed by atoms with E-state index in [1.54, 1.807) is 0 Å². The molecule has 2 rings (SSSR count). The lowest BCUT2D eigenvalue weighted by Crippen LogP contribution is -2.54. The summed E-state index contributed by atoms with van der Waals surface area (Å²) in [7, 11) is 0. The lowest BCUT2D eigenvalue weighted by atomic mass is 10.1. The largest absolute Gasteiger partial charge is 0.444 e. The number of nitrogens with one attached hydrogen (secondary N) is 3. The van der Waals surface area contributed by atoms with Crippen LogP contribution in [0, 0.1) is 0 Å². The number of guanidine groups is 1. The summed E-state index contributed by atoms with van der Waals surface area (Å²) in [6.07, 6.45) is 1.48. The smallest absolute Gasteiger partial charge is 0.408 e. The standard InChI is InChI=1S/C22H34N6O2.HI/c1-7-23-19(25-16-22(5,6)26-20(29)30-21(2,3)4)24-15-17-13-14-28(27-17)18-11-9-8-10-12-18;/h8-14H,7,15-16H2,1-6H3,(H,26,29)(H2,23,24,25);1H. The fourth-order valence-corrected chi connectivity index (χ4v) is 2.60. The second-order valence-electron chi connectivity index (χ2n) is 8.65. The van der Waals surface area contributed by atoms with Gasteiger partial charge in [-0.3, -0.25) is 0 Å². The molecular weight excluding hydrogens is 507 g/mol. The number of para-hydroxylation sites is 1. The first-order chi connectivity index (χ1) is 14.1. The van der Waals surface area contributed by atoms with E-state index in [1.807, 2.05) is 88.8 Å². The van der Waals surface area contributed by atoms with Gasteiger partial charge in [0.2, 0.25) is 0 Å². The lowest BCUT2D eigenvalue weighted by Gasteiger charge is -2.29. The van der Waals surface area contributed by atoms with E-state index in [9.17, 15) is 4.79 Å². The van der Waals surface area contributed by atoms with E-state index >= 15 is 0 Å². The van der Waals surface area contributed by atoms with Crippen LogP contribution >= 0.6 is 24.0 Å². The third kappa shape index (κ3) is 10.0. The number of ether oxygens (including phenoxy) is 1. The number of nitrogens with zero attached hydrogens (tertiary/aromatic N) is 3. The zero-order chi connectivity index (χ0) is 22.2. The number of hydrogen-bond acceptors (Lipinski definition) is 4. The van der Waals surface area contributed by atoms with E-state index in [2.05, 4.69) is 26.0 Å². The van der Waals surface area contributed by atoms with Crippen LogP contribution in [-0.2, 0) is 11.3 Å². The van der Waals surface area contributed by atoms with E-state index in [-0.39, 0.29) is 24.0 Å². The second kappa shape index (κ2) is 11.9. The number of aromatic nitrogens is 2. The molecule has 0 aliphatic heterocycles. The van der Waals surface area contributed by atoms with Crippen molar-refractivity contribution in [2.75, 3.05) is 13.1 Å². The van der Waals surface area contributed by atoms with E-state index in [0.29, 0.717) is 19.0 Å². The van der Waals surface area contributed by atoms with Crippen LogP contribution in [0.4, 0.5) is 4.79 Å². The van der Waals surface area contributed by atoms with E-state index < -0.39 is 17.2 Å². The molecule has 0 aliphatic carbocycles. The predicted octanol–water partition coefficient (Wildman–Crippen LogP) is 3.85. The number of aliphatic imine (C=N–C) groups is 1. The van der Waals surface area contributed by atoms with Crippen LogP contribution in [0.5, 0.6) is 0 Å². The Morgan fingerprint density at radius 2 is 1.77 bits per heavy atom. The van der Waals surface area contributed by atoms with Gasteiger partial charge in [0.05, 0.1) is 23.5 Å². The average Bonchev–Trinajstić information content (AvgIpc) is 3.12. The van der Waals surface area contributed by atoms with Gasteiger partial charge < -0.3 is 20.7 Å². The number of hydrogen-bond donors (Lipinski definition) is 3. The molecule has 0 saturated carbocycles. The zero-order valence-electron chi connectivity index (χ0n) is 19.2. The fraction of sp³-hybridized carbons (Fsp3) is 0.500. The molecule has 1 aromatic heterocycles. The molecule has 172 valence electrons. The molecule has 3 N–H and O–H groups in total. The third-order valence-corrected chi connectivity index (χ3v) is 3.95. The van der Waals surface area contributed by atoms with Crippen molar-refractivity contribution in [1.29, 1.82) is 0 Å². The maximum atomic E-state index is 12.1. The predicted molar refractivity (Wildman–Crippen MR) is 135 cm³/mol. The molecule has 1 heterocycles. The Balaban J connectivity index is 0.00000480. The quantitative estimate of drug-likeness (QED) is 0.281. The maximum Gasteiger partial charge on any atom is 0.408 e. The van der Waals surface area contributed by atoms with Gasteiger partial charge in [0, 0.05) is 19.3 Å². The van der Waals surface area contributed by atoms with Crippen LogP contribution in [-0.4, -0.2) is 46.1 Å². The summed E-state index contributed by atoms with van der Waals surface area (Å²) in [4.78, 5) is 16.7. The summed E-state index contributed by atoms with van der Waals surface area (Å²) in [5.41, 5.74) is 0.815. The van der Waals surface area contributed by atoms with Crippen LogP contribution in [0.15, 0.2) is 47.6 Å². The Hall–Kier alpha value is -2.30. The minimum atomic E-state index is -0.535. The molecule has 0 unspecified atom stereocenters. The van der Waals surface area contributed by atoms with Crippen molar-refractivity contribution < 1.29 is 9.53 Å². The van der Waals surface area contributed by atoms with Crippen molar-refractivity contribution >= 4 is 36.0 Å². The summed E-state index contributed by atoms with van der Waals surface area (Å²) in [5, 5.41) is 13.9. The molecule has 2 aromatic rings. The fourth-order valence-electron chi connectivity index (χ4n) is 2.60. The summed E-state index contributed by atoms with van der Waals surface area (Å²) in [6, 6.07) is 11.9. The van der Waals surface area contributed by atoms with Crippen LogP contribution in [0.1, 0.15) is 47.2 Å². The molecular formula is C22H35IN6O2. The highest BCUT2D eigenvalue weighted by molar-refractivity contribution is 14.0. The number of carbonyl (C=O) groups is 1. The van der Waals surface area contributed by atoms with E-state index in [0.717, 1.165) is 17.9 Å². The van der Waals surface area contributed by atoms with Crippen LogP contribution in [0.3, 0.4) is 0 Å². The van der Waals surface area contributed by atoms with Gasteiger partial charge in [0.15, 0.2) is 5.96 Å². The Morgan fingerprint density at radius 1 is 1.10 bits per heavy atom. The van der Waals surface area contributed by atoms with Crippen molar-refractivity contribution in [3.05, 3.63) is 48.3 Å². The van der Waals surface area contributed by atoms with Gasteiger partial charge in [0.25, 0.3) is 0 Å². The molecule has 8 nitrogen and oxygen atoms in total. The first-order valence-corrected chi connectivity index (χ1v) is 10.2. The maximum absolute atomic E-state index is 12.1. The monoisotopic (exact) mass is 542 g/mol.